The molecule has 1 saturated carbocycles. The Kier molecular flexibility index (Phi) is 6.95. The number of carbonyl (C=O) groups excluding carboxylic acids is 1. The Balaban J connectivity index is 1.53. The van der Waals surface area contributed by atoms with Crippen LogP contribution in [0.2, 0.25) is 0 Å². The highest BCUT2D eigenvalue weighted by molar-refractivity contribution is 6.67. The standard InChI is InChI=1S/C24H22ClF2N5O3/c1-13-10-29-19(17-3-6-28-23(32-17)24(34)4-5-24)9-18(13)31-14(2)7-21(22(25)33)35-12-20-16(27)8-15(26)11-30-20/h3,6-11,29,34H,4-5,12H2,1-2H3,(H,28,32)/b19-17+,21-7+,31-14?. The number of nitrogens with zero attached hydrogens (tertiary/aromatic N) is 3. The van der Waals surface area contributed by atoms with Crippen molar-refractivity contribution in [3.05, 3.63) is 88.6 Å². The largest absolute Gasteiger partial charge is 0.482 e. The van der Waals surface area contributed by atoms with Crippen molar-refractivity contribution >= 4 is 28.4 Å². The minimum atomic E-state index is -0.905. The molecule has 0 unspecified atom stereocenters. The maximum Gasteiger partial charge on any atom is 0.287 e. The fourth-order valence-electron chi connectivity index (χ4n) is 3.23. The average molecular weight is 502 g/mol. The predicted molar refractivity (Wildman–Crippen MR) is 127 cm³/mol. The van der Waals surface area contributed by atoms with Gasteiger partial charge in [0.1, 0.15) is 29.6 Å². The van der Waals surface area contributed by atoms with Crippen molar-refractivity contribution in [2.75, 3.05) is 0 Å². The van der Waals surface area contributed by atoms with E-state index < -0.39 is 29.1 Å². The Hall–Kier alpha value is -3.63. The average Bonchev–Trinajstić information content (AvgIpc) is 3.57. The molecular weight excluding hydrogens is 480 g/mol. The lowest BCUT2D eigenvalue weighted by Gasteiger charge is -2.22. The van der Waals surface area contributed by atoms with Crippen molar-refractivity contribution in [2.24, 2.45) is 9.98 Å². The summed E-state index contributed by atoms with van der Waals surface area (Å²) in [7, 11) is 0. The van der Waals surface area contributed by atoms with Crippen molar-refractivity contribution < 1.29 is 23.4 Å². The highest BCUT2D eigenvalue weighted by atomic mass is 35.5. The van der Waals surface area contributed by atoms with Crippen molar-refractivity contribution in [1.82, 2.24) is 15.6 Å². The summed E-state index contributed by atoms with van der Waals surface area (Å²) >= 11 is 5.62. The molecule has 3 aliphatic rings. The molecule has 0 radical (unpaired) electrons. The van der Waals surface area contributed by atoms with Crippen LogP contribution in [0, 0.1) is 11.6 Å². The summed E-state index contributed by atoms with van der Waals surface area (Å²) in [5.74, 6) is -1.48. The fraction of sp³-hybridized carbons (Fsp3) is 0.250. The highest BCUT2D eigenvalue weighted by Crippen LogP contribution is 2.37. The van der Waals surface area contributed by atoms with Crippen LogP contribution in [-0.4, -0.2) is 32.5 Å². The zero-order valence-electron chi connectivity index (χ0n) is 18.9. The van der Waals surface area contributed by atoms with E-state index in [-0.39, 0.29) is 11.5 Å². The third-order valence-electron chi connectivity index (χ3n) is 5.36. The number of allylic oxidation sites excluding steroid dienone is 5. The molecule has 35 heavy (non-hydrogen) atoms. The van der Waals surface area contributed by atoms with Crippen molar-refractivity contribution in [2.45, 2.75) is 38.9 Å². The van der Waals surface area contributed by atoms with E-state index in [0.717, 1.165) is 11.8 Å². The van der Waals surface area contributed by atoms with Gasteiger partial charge in [-0.25, -0.2) is 13.8 Å². The maximum atomic E-state index is 13.8. The minimum absolute atomic E-state index is 0.173. The molecule has 1 aliphatic carbocycles. The number of halogens is 3. The number of aliphatic hydroxyl groups is 1. The van der Waals surface area contributed by atoms with Gasteiger partial charge in [-0.15, -0.1) is 0 Å². The fourth-order valence-corrected chi connectivity index (χ4v) is 3.34. The number of dihydropyridines is 1. The number of pyridine rings is 1. The molecule has 182 valence electrons. The summed E-state index contributed by atoms with van der Waals surface area (Å²) in [6.07, 6.45) is 10.5. The van der Waals surface area contributed by atoms with E-state index in [4.69, 9.17) is 16.3 Å². The molecule has 0 spiro atoms. The van der Waals surface area contributed by atoms with Crippen molar-refractivity contribution in [1.29, 1.82) is 0 Å². The third kappa shape index (κ3) is 5.90. The first-order valence-electron chi connectivity index (χ1n) is 10.7. The lowest BCUT2D eigenvalue weighted by Crippen LogP contribution is -2.38. The highest BCUT2D eigenvalue weighted by Gasteiger charge is 2.46. The number of amidine groups is 1. The Morgan fingerprint density at radius 3 is 2.83 bits per heavy atom. The second-order valence-corrected chi connectivity index (χ2v) is 8.53. The first kappa shape index (κ1) is 24.5. The van der Waals surface area contributed by atoms with Gasteiger partial charge in [-0.2, -0.15) is 0 Å². The molecular formula is C24H22ClF2N5O3. The molecule has 1 fully saturated rings. The molecule has 2 aliphatic heterocycles. The number of carbonyl (C=O) groups is 1. The summed E-state index contributed by atoms with van der Waals surface area (Å²) in [6, 6.07) is 0.672. The molecule has 0 bridgehead atoms. The van der Waals surface area contributed by atoms with Crippen molar-refractivity contribution in [3.8, 4) is 0 Å². The van der Waals surface area contributed by atoms with Crippen LogP contribution in [-0.2, 0) is 16.1 Å². The second-order valence-electron chi connectivity index (χ2n) is 8.18. The summed E-state index contributed by atoms with van der Waals surface area (Å²) in [4.78, 5) is 24.2. The van der Waals surface area contributed by atoms with Gasteiger partial charge in [0.2, 0.25) is 0 Å². The van der Waals surface area contributed by atoms with Gasteiger partial charge in [0.15, 0.2) is 11.6 Å². The van der Waals surface area contributed by atoms with Gasteiger partial charge in [-0.3, -0.25) is 14.8 Å². The first-order valence-corrected chi connectivity index (χ1v) is 11.1. The van der Waals surface area contributed by atoms with Gasteiger partial charge in [-0.05, 0) is 56.0 Å². The SMILES string of the molecule is CC1=CN/C(=C2\C=CN=C(C3(O)CC3)N2)C=C1N=C(C)/C=C(/OCc1ncc(F)cc1F)C(=O)Cl. The Labute approximate surface area is 205 Å². The van der Waals surface area contributed by atoms with Crippen LogP contribution in [0.1, 0.15) is 32.4 Å². The molecule has 0 saturated heterocycles. The normalized spacial score (nSPS) is 21.4. The number of rotatable bonds is 7. The third-order valence-corrected chi connectivity index (χ3v) is 5.55. The molecule has 11 heteroatoms. The van der Waals surface area contributed by atoms with Crippen LogP contribution in [0.4, 0.5) is 8.78 Å². The Morgan fingerprint density at radius 2 is 2.14 bits per heavy atom. The van der Waals surface area contributed by atoms with Crippen LogP contribution in [0.15, 0.2) is 81.3 Å². The summed E-state index contributed by atoms with van der Waals surface area (Å²) in [5, 5.41) is 15.8. The number of aromatic nitrogens is 1. The van der Waals surface area contributed by atoms with Crippen molar-refractivity contribution in [3.63, 3.8) is 0 Å². The Morgan fingerprint density at radius 1 is 1.37 bits per heavy atom. The topological polar surface area (TPSA) is 108 Å². The van der Waals surface area contributed by atoms with Crippen LogP contribution < -0.4 is 10.6 Å². The number of nitrogens with one attached hydrogen (secondary N) is 2. The van der Waals surface area contributed by atoms with Gasteiger partial charge in [0.05, 0.1) is 23.3 Å². The van der Waals surface area contributed by atoms with E-state index in [1.54, 1.807) is 31.5 Å². The maximum absolute atomic E-state index is 13.8. The summed E-state index contributed by atoms with van der Waals surface area (Å²) in [5.41, 5.74) is 2.18. The van der Waals surface area contributed by atoms with Gasteiger partial charge in [-0.1, -0.05) is 0 Å². The lowest BCUT2D eigenvalue weighted by atomic mass is 10.1. The van der Waals surface area contributed by atoms with E-state index in [2.05, 4.69) is 25.6 Å². The predicted octanol–water partition coefficient (Wildman–Crippen LogP) is 3.63. The number of hydrogen-bond donors (Lipinski definition) is 3. The van der Waals surface area contributed by atoms with E-state index in [1.807, 2.05) is 6.92 Å². The summed E-state index contributed by atoms with van der Waals surface area (Å²) < 4.78 is 32.2. The zero-order valence-corrected chi connectivity index (χ0v) is 19.7. The number of aliphatic imine (C=N–C) groups is 2. The van der Waals surface area contributed by atoms with Gasteiger partial charge < -0.3 is 20.5 Å². The number of hydrogen-bond acceptors (Lipinski definition) is 8. The molecule has 1 aromatic rings. The number of ether oxygens (including phenoxy) is 1. The van der Waals surface area contributed by atoms with Crippen LogP contribution >= 0.6 is 11.6 Å². The molecule has 1 aromatic heterocycles. The zero-order chi connectivity index (χ0) is 25.2. The van der Waals surface area contributed by atoms with E-state index in [9.17, 15) is 18.7 Å². The van der Waals surface area contributed by atoms with Crippen LogP contribution in [0.5, 0.6) is 0 Å². The quantitative estimate of drug-likeness (QED) is 0.228. The Bertz CT molecular complexity index is 1290. The van der Waals surface area contributed by atoms with Gasteiger partial charge in [0.25, 0.3) is 5.24 Å². The van der Waals surface area contributed by atoms with Gasteiger partial charge in [0, 0.05) is 30.3 Å². The molecule has 0 atom stereocenters. The second kappa shape index (κ2) is 9.93. The van der Waals surface area contributed by atoms with Crippen LogP contribution in [0.3, 0.4) is 0 Å². The molecule has 0 amide bonds. The first-order chi connectivity index (χ1) is 16.6. The molecule has 4 rings (SSSR count). The van der Waals surface area contributed by atoms with Gasteiger partial charge >= 0.3 is 0 Å². The molecule has 3 N–H and O–H groups in total. The monoisotopic (exact) mass is 501 g/mol. The van der Waals surface area contributed by atoms with E-state index in [0.29, 0.717) is 47.5 Å². The van der Waals surface area contributed by atoms with Crippen LogP contribution in [0.25, 0.3) is 0 Å². The van der Waals surface area contributed by atoms with E-state index >= 15 is 0 Å². The smallest absolute Gasteiger partial charge is 0.287 e. The van der Waals surface area contributed by atoms with E-state index in [1.165, 1.54) is 6.08 Å². The molecule has 8 nitrogen and oxygen atoms in total. The molecule has 3 heterocycles. The minimum Gasteiger partial charge on any atom is -0.482 e. The lowest BCUT2D eigenvalue weighted by molar-refractivity contribution is -0.111. The molecule has 0 aromatic carbocycles. The summed E-state index contributed by atoms with van der Waals surface area (Å²) in [6.45, 7) is 3.09.